The Balaban J connectivity index is 2.37. The van der Waals surface area contributed by atoms with Gasteiger partial charge in [0.1, 0.15) is 0 Å². The zero-order valence-corrected chi connectivity index (χ0v) is 10.0. The molecule has 5 heteroatoms. The second-order valence-corrected chi connectivity index (χ2v) is 3.72. The Morgan fingerprint density at radius 3 is 2.87 bits per heavy atom. The van der Waals surface area contributed by atoms with E-state index in [0.29, 0.717) is 6.61 Å². The van der Waals surface area contributed by atoms with Crippen molar-refractivity contribution in [2.45, 2.75) is 13.3 Å². The van der Waals surface area contributed by atoms with Gasteiger partial charge in [-0.2, -0.15) is 0 Å². The van der Waals surface area contributed by atoms with Crippen LogP contribution < -0.4 is 10.9 Å². The van der Waals surface area contributed by atoms with Gasteiger partial charge >= 0.3 is 6.09 Å². The normalized spacial score (nSPS) is 9.47. The summed E-state index contributed by atoms with van der Waals surface area (Å²) in [6.45, 7) is 2.36. The zero-order chi connectivity index (χ0) is 11.1. The summed E-state index contributed by atoms with van der Waals surface area (Å²) in [5.41, 5.74) is 5.97. The molecule has 0 atom stereocenters. The van der Waals surface area contributed by atoms with Crippen LogP contribution in [0, 0.1) is 0 Å². The Morgan fingerprint density at radius 1 is 1.47 bits per heavy atom. The van der Waals surface area contributed by atoms with Gasteiger partial charge in [-0.05, 0) is 34.5 Å². The van der Waals surface area contributed by atoms with E-state index < -0.39 is 6.09 Å². The third-order valence-corrected chi connectivity index (χ3v) is 2.30. The van der Waals surface area contributed by atoms with Crippen LogP contribution in [-0.4, -0.2) is 12.7 Å². The lowest BCUT2D eigenvalue weighted by Gasteiger charge is -2.09. The van der Waals surface area contributed by atoms with Gasteiger partial charge in [-0.25, -0.2) is 10.2 Å². The van der Waals surface area contributed by atoms with Crippen LogP contribution in [0.25, 0.3) is 0 Å². The average Bonchev–Trinajstić information content (AvgIpc) is 2.25. The molecule has 0 radical (unpaired) electrons. The van der Waals surface area contributed by atoms with Crippen molar-refractivity contribution >= 4 is 27.7 Å². The highest BCUT2D eigenvalue weighted by Crippen LogP contribution is 2.19. The third kappa shape index (κ3) is 4.20. The average molecular weight is 273 g/mol. The number of hydrazine groups is 1. The molecule has 0 saturated carbocycles. The van der Waals surface area contributed by atoms with Crippen molar-refractivity contribution in [1.82, 2.24) is 5.43 Å². The maximum Gasteiger partial charge on any atom is 0.425 e. The van der Waals surface area contributed by atoms with E-state index in [2.05, 4.69) is 26.8 Å². The molecule has 2 N–H and O–H groups in total. The Labute approximate surface area is 97.1 Å². The first-order chi connectivity index (χ1) is 7.24. The van der Waals surface area contributed by atoms with Crippen molar-refractivity contribution < 1.29 is 9.53 Å². The van der Waals surface area contributed by atoms with Crippen LogP contribution in [0.5, 0.6) is 0 Å². The molecule has 0 aliphatic carbocycles. The minimum absolute atomic E-state index is 0.420. The Kier molecular flexibility index (Phi) is 4.97. The van der Waals surface area contributed by atoms with Crippen LogP contribution in [0.1, 0.15) is 13.3 Å². The predicted molar refractivity (Wildman–Crippen MR) is 62.5 cm³/mol. The number of hydrogen-bond donors (Lipinski definition) is 2. The highest BCUT2D eigenvalue weighted by atomic mass is 79.9. The van der Waals surface area contributed by atoms with Crippen molar-refractivity contribution in [1.29, 1.82) is 0 Å². The molecule has 1 aromatic carbocycles. The predicted octanol–water partition coefficient (Wildman–Crippen LogP) is 2.91. The first kappa shape index (κ1) is 11.8. The molecule has 0 unspecified atom stereocenters. The van der Waals surface area contributed by atoms with Gasteiger partial charge in [0.15, 0.2) is 0 Å². The molecule has 82 valence electrons. The number of nitrogens with one attached hydrogen (secondary N) is 2. The molecule has 15 heavy (non-hydrogen) atoms. The van der Waals surface area contributed by atoms with Gasteiger partial charge in [0.05, 0.1) is 12.3 Å². The molecule has 0 fully saturated rings. The van der Waals surface area contributed by atoms with E-state index in [0.717, 1.165) is 16.6 Å². The van der Waals surface area contributed by atoms with Crippen LogP contribution in [0.3, 0.4) is 0 Å². The van der Waals surface area contributed by atoms with Gasteiger partial charge in [-0.1, -0.05) is 19.1 Å². The maximum absolute atomic E-state index is 11.1. The number of carbonyl (C=O) groups is 1. The lowest BCUT2D eigenvalue weighted by atomic mass is 10.3. The number of para-hydroxylation sites is 1. The summed E-state index contributed by atoms with van der Waals surface area (Å²) >= 11 is 3.34. The maximum atomic E-state index is 11.1. The van der Waals surface area contributed by atoms with Gasteiger partial charge in [-0.3, -0.25) is 5.43 Å². The standard InChI is InChI=1S/C10H13BrN2O2/c1-2-7-15-10(14)13-12-9-6-4-3-5-8(9)11/h3-6,12H,2,7H2,1H3,(H,13,14). The van der Waals surface area contributed by atoms with Crippen LogP contribution in [0.4, 0.5) is 10.5 Å². The first-order valence-electron chi connectivity index (χ1n) is 4.67. The monoisotopic (exact) mass is 272 g/mol. The molecule has 0 saturated heterocycles. The molecular formula is C10H13BrN2O2. The Bertz CT molecular complexity index is 331. The minimum atomic E-state index is -0.479. The molecular weight excluding hydrogens is 260 g/mol. The summed E-state index contributed by atoms with van der Waals surface area (Å²) in [5, 5.41) is 0. The summed E-state index contributed by atoms with van der Waals surface area (Å²) in [7, 11) is 0. The summed E-state index contributed by atoms with van der Waals surface area (Å²) in [5.74, 6) is 0. The molecule has 0 heterocycles. The second kappa shape index (κ2) is 6.29. The van der Waals surface area contributed by atoms with Crippen LogP contribution in [-0.2, 0) is 4.74 Å². The van der Waals surface area contributed by atoms with Gasteiger partial charge in [0.25, 0.3) is 0 Å². The number of benzene rings is 1. The quantitative estimate of drug-likeness (QED) is 0.829. The molecule has 1 aromatic rings. The second-order valence-electron chi connectivity index (χ2n) is 2.87. The Morgan fingerprint density at radius 2 is 2.20 bits per heavy atom. The zero-order valence-electron chi connectivity index (χ0n) is 8.42. The Hall–Kier alpha value is -1.23. The molecule has 0 bridgehead atoms. The fraction of sp³-hybridized carbons (Fsp3) is 0.300. The lowest BCUT2D eigenvalue weighted by molar-refractivity contribution is 0.148. The fourth-order valence-electron chi connectivity index (χ4n) is 0.912. The SMILES string of the molecule is CCCOC(=O)NNc1ccccc1Br. The third-order valence-electron chi connectivity index (χ3n) is 1.61. The van der Waals surface area contributed by atoms with Gasteiger partial charge in [-0.15, -0.1) is 0 Å². The summed E-state index contributed by atoms with van der Waals surface area (Å²) < 4.78 is 5.70. The summed E-state index contributed by atoms with van der Waals surface area (Å²) in [4.78, 5) is 11.1. The summed E-state index contributed by atoms with van der Waals surface area (Å²) in [6, 6.07) is 7.47. The van der Waals surface area contributed by atoms with Gasteiger partial charge in [0.2, 0.25) is 0 Å². The van der Waals surface area contributed by atoms with Gasteiger partial charge in [0, 0.05) is 4.47 Å². The molecule has 0 spiro atoms. The topological polar surface area (TPSA) is 50.4 Å². The number of hydrogen-bond acceptors (Lipinski definition) is 3. The fourth-order valence-corrected chi connectivity index (χ4v) is 1.30. The first-order valence-corrected chi connectivity index (χ1v) is 5.46. The van der Waals surface area contributed by atoms with Crippen molar-refractivity contribution in [2.24, 2.45) is 0 Å². The highest BCUT2D eigenvalue weighted by Gasteiger charge is 2.01. The van der Waals surface area contributed by atoms with Crippen molar-refractivity contribution in [3.05, 3.63) is 28.7 Å². The van der Waals surface area contributed by atoms with Crippen LogP contribution in [0.15, 0.2) is 28.7 Å². The van der Waals surface area contributed by atoms with E-state index in [4.69, 9.17) is 4.74 Å². The van der Waals surface area contributed by atoms with Crippen molar-refractivity contribution in [3.8, 4) is 0 Å². The number of rotatable bonds is 4. The number of carbonyl (C=O) groups excluding carboxylic acids is 1. The van der Waals surface area contributed by atoms with Gasteiger partial charge < -0.3 is 4.74 Å². The van der Waals surface area contributed by atoms with E-state index in [1.807, 2.05) is 31.2 Å². The molecule has 1 rings (SSSR count). The van der Waals surface area contributed by atoms with Crippen molar-refractivity contribution in [2.75, 3.05) is 12.0 Å². The van der Waals surface area contributed by atoms with Crippen LogP contribution >= 0.6 is 15.9 Å². The van der Waals surface area contributed by atoms with Crippen molar-refractivity contribution in [3.63, 3.8) is 0 Å². The van der Waals surface area contributed by atoms with E-state index >= 15 is 0 Å². The molecule has 0 aliphatic heterocycles. The molecule has 0 aromatic heterocycles. The van der Waals surface area contributed by atoms with E-state index in [-0.39, 0.29) is 0 Å². The lowest BCUT2D eigenvalue weighted by Crippen LogP contribution is -2.30. The number of amides is 1. The smallest absolute Gasteiger partial charge is 0.425 e. The molecule has 0 aliphatic rings. The van der Waals surface area contributed by atoms with E-state index in [1.54, 1.807) is 0 Å². The number of halogens is 1. The minimum Gasteiger partial charge on any atom is -0.448 e. The molecule has 1 amide bonds. The van der Waals surface area contributed by atoms with E-state index in [9.17, 15) is 4.79 Å². The summed E-state index contributed by atoms with van der Waals surface area (Å²) in [6.07, 6.45) is 0.329. The highest BCUT2D eigenvalue weighted by molar-refractivity contribution is 9.10. The number of anilines is 1. The number of ether oxygens (including phenoxy) is 1. The van der Waals surface area contributed by atoms with E-state index in [1.165, 1.54) is 0 Å². The van der Waals surface area contributed by atoms with Crippen LogP contribution in [0.2, 0.25) is 0 Å². The molecule has 4 nitrogen and oxygen atoms in total. The largest absolute Gasteiger partial charge is 0.448 e.